The first-order valence-corrected chi connectivity index (χ1v) is 5.61. The van der Waals surface area contributed by atoms with E-state index in [-0.39, 0.29) is 30.2 Å². The van der Waals surface area contributed by atoms with E-state index in [1.165, 1.54) is 0 Å². The number of rotatable bonds is 8. The van der Waals surface area contributed by atoms with Gasteiger partial charge in [0.1, 0.15) is 6.04 Å². The molecule has 0 radical (unpaired) electrons. The fraction of sp³-hybridized carbons (Fsp3) is 0.818. The molecule has 5 N–H and O–H groups in total. The van der Waals surface area contributed by atoms with Crippen LogP contribution in [0, 0.1) is 5.92 Å². The maximum Gasteiger partial charge on any atom is 0.320 e. The molecule has 0 rings (SSSR count). The van der Waals surface area contributed by atoms with Gasteiger partial charge < -0.3 is 21.1 Å². The van der Waals surface area contributed by atoms with Crippen molar-refractivity contribution in [2.24, 2.45) is 11.7 Å². The van der Waals surface area contributed by atoms with Gasteiger partial charge in [-0.15, -0.1) is 0 Å². The van der Waals surface area contributed by atoms with Crippen molar-refractivity contribution in [3.63, 3.8) is 0 Å². The van der Waals surface area contributed by atoms with Gasteiger partial charge >= 0.3 is 11.9 Å². The van der Waals surface area contributed by atoms with E-state index in [2.05, 4.69) is 0 Å². The van der Waals surface area contributed by atoms with E-state index in [0.717, 1.165) is 12.8 Å². The van der Waals surface area contributed by atoms with Crippen molar-refractivity contribution in [2.75, 3.05) is 6.61 Å². The van der Waals surface area contributed by atoms with Crippen molar-refractivity contribution in [3.05, 3.63) is 0 Å². The minimum absolute atomic E-state index is 0. The highest BCUT2D eigenvalue weighted by molar-refractivity contribution is 5.73. The molecule has 17 heavy (non-hydrogen) atoms. The van der Waals surface area contributed by atoms with Crippen LogP contribution in [-0.2, 0) is 14.3 Å². The number of ether oxygens (including phenoxy) is 1. The van der Waals surface area contributed by atoms with Crippen molar-refractivity contribution < 1.29 is 24.9 Å². The van der Waals surface area contributed by atoms with E-state index in [9.17, 15) is 9.59 Å². The molecular weight excluding hydrogens is 226 g/mol. The number of nitrogens with two attached hydrogens (primary N) is 1. The van der Waals surface area contributed by atoms with Gasteiger partial charge in [0.05, 0.1) is 6.61 Å². The fourth-order valence-electron chi connectivity index (χ4n) is 1.29. The molecule has 0 heterocycles. The maximum atomic E-state index is 11.3. The Bertz CT molecular complexity index is 232. The van der Waals surface area contributed by atoms with Gasteiger partial charge in [-0.25, -0.2) is 0 Å². The molecule has 2 atom stereocenters. The van der Waals surface area contributed by atoms with Crippen LogP contribution in [0.1, 0.15) is 39.5 Å². The zero-order valence-electron chi connectivity index (χ0n) is 10.4. The Labute approximate surface area is 101 Å². The predicted molar refractivity (Wildman–Crippen MR) is 63.5 cm³/mol. The molecule has 102 valence electrons. The van der Waals surface area contributed by atoms with E-state index in [4.69, 9.17) is 15.6 Å². The van der Waals surface area contributed by atoms with E-state index in [1.807, 2.05) is 6.92 Å². The number of unbranched alkanes of at least 4 members (excludes halogenated alkanes) is 1. The van der Waals surface area contributed by atoms with Gasteiger partial charge in [-0.2, -0.15) is 0 Å². The summed E-state index contributed by atoms with van der Waals surface area (Å²) >= 11 is 0. The van der Waals surface area contributed by atoms with Crippen molar-refractivity contribution >= 4 is 11.9 Å². The number of carbonyl (C=O) groups excluding carboxylic acids is 1. The second-order valence-electron chi connectivity index (χ2n) is 4.06. The SMILES string of the molecule is CCCCOC(=O)CC(C)C[C@H](N)C(=O)O.O. The molecule has 0 amide bonds. The van der Waals surface area contributed by atoms with Crippen molar-refractivity contribution in [3.8, 4) is 0 Å². The quantitative estimate of drug-likeness (QED) is 0.474. The van der Waals surface area contributed by atoms with E-state index < -0.39 is 12.0 Å². The van der Waals surface area contributed by atoms with Crippen LogP contribution < -0.4 is 5.73 Å². The summed E-state index contributed by atoms with van der Waals surface area (Å²) in [6, 6.07) is -0.904. The Balaban J connectivity index is 0. The third-order valence-electron chi connectivity index (χ3n) is 2.25. The number of hydrogen-bond donors (Lipinski definition) is 2. The fourth-order valence-corrected chi connectivity index (χ4v) is 1.29. The summed E-state index contributed by atoms with van der Waals surface area (Å²) in [6.07, 6.45) is 2.35. The molecule has 6 heteroatoms. The number of esters is 1. The second kappa shape index (κ2) is 10.0. The normalized spacial score (nSPS) is 13.4. The molecule has 0 fully saturated rings. The van der Waals surface area contributed by atoms with Gasteiger partial charge in [0.2, 0.25) is 0 Å². The number of hydrogen-bond acceptors (Lipinski definition) is 4. The Morgan fingerprint density at radius 3 is 2.47 bits per heavy atom. The molecule has 0 aliphatic heterocycles. The van der Waals surface area contributed by atoms with Gasteiger partial charge in [-0.1, -0.05) is 20.3 Å². The minimum Gasteiger partial charge on any atom is -0.480 e. The first-order chi connectivity index (χ1) is 7.47. The topological polar surface area (TPSA) is 121 Å². The Morgan fingerprint density at radius 1 is 1.41 bits per heavy atom. The number of carboxylic acid groups (broad SMARTS) is 1. The summed E-state index contributed by atoms with van der Waals surface area (Å²) in [7, 11) is 0. The molecule has 0 aromatic rings. The highest BCUT2D eigenvalue weighted by Crippen LogP contribution is 2.10. The smallest absolute Gasteiger partial charge is 0.320 e. The van der Waals surface area contributed by atoms with Gasteiger partial charge in [-0.05, 0) is 18.8 Å². The van der Waals surface area contributed by atoms with Gasteiger partial charge in [0, 0.05) is 6.42 Å². The van der Waals surface area contributed by atoms with Crippen LogP contribution in [0.5, 0.6) is 0 Å². The second-order valence-corrected chi connectivity index (χ2v) is 4.06. The molecule has 0 bridgehead atoms. The molecule has 0 aromatic carbocycles. The maximum absolute atomic E-state index is 11.3. The summed E-state index contributed by atoms with van der Waals surface area (Å²) in [5, 5.41) is 8.60. The van der Waals surface area contributed by atoms with Crippen LogP contribution in [0.2, 0.25) is 0 Å². The molecule has 6 nitrogen and oxygen atoms in total. The molecule has 0 spiro atoms. The lowest BCUT2D eigenvalue weighted by Crippen LogP contribution is -2.32. The van der Waals surface area contributed by atoms with E-state index in [0.29, 0.717) is 6.61 Å². The molecule has 0 saturated heterocycles. The molecule has 0 saturated carbocycles. The molecule has 0 aliphatic carbocycles. The highest BCUT2D eigenvalue weighted by Gasteiger charge is 2.18. The Hall–Kier alpha value is -1.14. The highest BCUT2D eigenvalue weighted by atomic mass is 16.5. The Morgan fingerprint density at radius 2 is 2.00 bits per heavy atom. The average Bonchev–Trinajstić information content (AvgIpc) is 2.17. The summed E-state index contributed by atoms with van der Waals surface area (Å²) in [5.74, 6) is -1.38. The van der Waals surface area contributed by atoms with Crippen molar-refractivity contribution in [2.45, 2.75) is 45.6 Å². The lowest BCUT2D eigenvalue weighted by molar-refractivity contribution is -0.145. The number of carbonyl (C=O) groups is 2. The number of carboxylic acids is 1. The standard InChI is InChI=1S/C11H21NO4.H2O/c1-3-4-5-16-10(13)7-8(2)6-9(12)11(14)15;/h8-9H,3-7,12H2,1-2H3,(H,14,15);1H2/t8?,9-;/m0./s1. The monoisotopic (exact) mass is 249 g/mol. The van der Waals surface area contributed by atoms with Gasteiger partial charge in [0.25, 0.3) is 0 Å². The van der Waals surface area contributed by atoms with Gasteiger partial charge in [0.15, 0.2) is 0 Å². The first kappa shape index (κ1) is 18.2. The lowest BCUT2D eigenvalue weighted by Gasteiger charge is -2.13. The minimum atomic E-state index is -1.04. The summed E-state index contributed by atoms with van der Waals surface area (Å²) in [4.78, 5) is 21.8. The van der Waals surface area contributed by atoms with Crippen LogP contribution in [-0.4, -0.2) is 35.2 Å². The van der Waals surface area contributed by atoms with Crippen LogP contribution in [0.3, 0.4) is 0 Å². The summed E-state index contributed by atoms with van der Waals surface area (Å²) < 4.78 is 4.97. The molecular formula is C11H23NO5. The van der Waals surface area contributed by atoms with Crippen LogP contribution in [0.4, 0.5) is 0 Å². The predicted octanol–water partition coefficient (Wildman–Crippen LogP) is 0.333. The summed E-state index contributed by atoms with van der Waals surface area (Å²) in [6.45, 7) is 4.25. The lowest BCUT2D eigenvalue weighted by atomic mass is 9.99. The van der Waals surface area contributed by atoms with Gasteiger partial charge in [-0.3, -0.25) is 9.59 Å². The largest absolute Gasteiger partial charge is 0.480 e. The first-order valence-electron chi connectivity index (χ1n) is 5.61. The molecule has 1 unspecified atom stereocenters. The third kappa shape index (κ3) is 9.77. The molecule has 0 aliphatic rings. The zero-order chi connectivity index (χ0) is 12.6. The average molecular weight is 249 g/mol. The van der Waals surface area contributed by atoms with Crippen LogP contribution in [0.25, 0.3) is 0 Å². The zero-order valence-corrected chi connectivity index (χ0v) is 10.4. The Kier molecular flexibility index (Phi) is 10.8. The van der Waals surface area contributed by atoms with Crippen LogP contribution in [0.15, 0.2) is 0 Å². The number of aliphatic carboxylic acids is 1. The third-order valence-corrected chi connectivity index (χ3v) is 2.25. The molecule has 0 aromatic heterocycles. The van der Waals surface area contributed by atoms with E-state index in [1.54, 1.807) is 6.92 Å². The summed E-state index contributed by atoms with van der Waals surface area (Å²) in [5.41, 5.74) is 5.36. The van der Waals surface area contributed by atoms with Crippen molar-refractivity contribution in [1.82, 2.24) is 0 Å². The van der Waals surface area contributed by atoms with Crippen LogP contribution >= 0.6 is 0 Å². The van der Waals surface area contributed by atoms with Crippen molar-refractivity contribution in [1.29, 1.82) is 0 Å². The van der Waals surface area contributed by atoms with E-state index >= 15 is 0 Å².